The Bertz CT molecular complexity index is 1050. The van der Waals surface area contributed by atoms with Crippen molar-refractivity contribution in [2.45, 2.75) is 6.92 Å². The van der Waals surface area contributed by atoms with Crippen molar-refractivity contribution < 1.29 is 9.53 Å². The van der Waals surface area contributed by atoms with Gasteiger partial charge in [0.2, 0.25) is 5.88 Å². The first-order valence-electron chi connectivity index (χ1n) is 8.70. The second kappa shape index (κ2) is 7.30. The molecular formula is C23H18N2O2. The summed E-state index contributed by atoms with van der Waals surface area (Å²) in [7, 11) is 0. The van der Waals surface area contributed by atoms with E-state index in [2.05, 4.69) is 5.10 Å². The maximum absolute atomic E-state index is 12.6. The molecule has 0 unspecified atom stereocenters. The van der Waals surface area contributed by atoms with E-state index in [-0.39, 0.29) is 0 Å². The molecule has 0 saturated heterocycles. The number of aromatic nitrogens is 2. The molecule has 0 atom stereocenters. The lowest BCUT2D eigenvalue weighted by atomic mass is 10.1. The highest BCUT2D eigenvalue weighted by Gasteiger charge is 2.16. The van der Waals surface area contributed by atoms with Crippen LogP contribution in [0.1, 0.15) is 15.9 Å². The van der Waals surface area contributed by atoms with Gasteiger partial charge in [0.05, 0.1) is 16.9 Å². The summed E-state index contributed by atoms with van der Waals surface area (Å²) in [6.45, 7) is 1.98. The van der Waals surface area contributed by atoms with Crippen LogP contribution >= 0.6 is 0 Å². The molecule has 0 fully saturated rings. The average Bonchev–Trinajstić information content (AvgIpc) is 3.13. The summed E-state index contributed by atoms with van der Waals surface area (Å²) in [5.41, 5.74) is 4.12. The Labute approximate surface area is 157 Å². The van der Waals surface area contributed by atoms with Gasteiger partial charge in [-0.05, 0) is 31.2 Å². The van der Waals surface area contributed by atoms with Crippen molar-refractivity contribution >= 4 is 5.97 Å². The van der Waals surface area contributed by atoms with E-state index in [0.29, 0.717) is 11.4 Å². The van der Waals surface area contributed by atoms with Gasteiger partial charge < -0.3 is 4.74 Å². The van der Waals surface area contributed by atoms with E-state index in [4.69, 9.17) is 4.74 Å². The zero-order valence-electron chi connectivity index (χ0n) is 14.9. The highest BCUT2D eigenvalue weighted by Crippen LogP contribution is 2.26. The lowest BCUT2D eigenvalue weighted by molar-refractivity contribution is 0.0723. The smallest absolute Gasteiger partial charge is 0.344 e. The van der Waals surface area contributed by atoms with Gasteiger partial charge in [0.1, 0.15) is 0 Å². The van der Waals surface area contributed by atoms with Gasteiger partial charge in [-0.2, -0.15) is 5.10 Å². The van der Waals surface area contributed by atoms with E-state index >= 15 is 0 Å². The molecule has 0 radical (unpaired) electrons. The number of aryl methyl sites for hydroxylation is 1. The molecule has 132 valence electrons. The van der Waals surface area contributed by atoms with E-state index in [0.717, 1.165) is 22.5 Å². The second-order valence-corrected chi connectivity index (χ2v) is 6.24. The summed E-state index contributed by atoms with van der Waals surface area (Å²) in [5.74, 6) is -0.0303. The van der Waals surface area contributed by atoms with Crippen molar-refractivity contribution in [3.05, 3.63) is 102 Å². The van der Waals surface area contributed by atoms with E-state index < -0.39 is 5.97 Å². The molecule has 4 aromatic rings. The summed E-state index contributed by atoms with van der Waals surface area (Å²) in [5, 5.41) is 4.65. The van der Waals surface area contributed by atoms with Crippen molar-refractivity contribution in [3.8, 4) is 22.8 Å². The Hall–Kier alpha value is -3.66. The van der Waals surface area contributed by atoms with Crippen molar-refractivity contribution in [2.24, 2.45) is 0 Å². The quantitative estimate of drug-likeness (QED) is 0.481. The SMILES string of the molecule is Cc1ccc(C(=O)Oc2cc(-c3ccccc3)nn2-c2ccccc2)cc1. The molecule has 27 heavy (non-hydrogen) atoms. The minimum Gasteiger partial charge on any atom is -0.404 e. The molecule has 0 amide bonds. The average molecular weight is 354 g/mol. The first-order valence-corrected chi connectivity index (χ1v) is 8.70. The molecule has 1 aromatic heterocycles. The zero-order chi connectivity index (χ0) is 18.6. The molecule has 4 rings (SSSR count). The van der Waals surface area contributed by atoms with E-state index in [1.807, 2.05) is 79.7 Å². The molecule has 0 bridgehead atoms. The van der Waals surface area contributed by atoms with Crippen LogP contribution in [0.3, 0.4) is 0 Å². The Morgan fingerprint density at radius 3 is 2.15 bits per heavy atom. The topological polar surface area (TPSA) is 44.1 Å². The predicted molar refractivity (Wildman–Crippen MR) is 105 cm³/mol. The maximum Gasteiger partial charge on any atom is 0.344 e. The van der Waals surface area contributed by atoms with Crippen molar-refractivity contribution in [1.29, 1.82) is 0 Å². The van der Waals surface area contributed by atoms with E-state index in [1.165, 1.54) is 0 Å². The molecule has 3 aromatic carbocycles. The fraction of sp³-hybridized carbons (Fsp3) is 0.0435. The number of nitrogens with zero attached hydrogens (tertiary/aromatic N) is 2. The van der Waals surface area contributed by atoms with Gasteiger partial charge in [-0.1, -0.05) is 66.2 Å². The van der Waals surface area contributed by atoms with Gasteiger partial charge in [-0.3, -0.25) is 0 Å². The molecule has 4 heteroatoms. The minimum atomic E-state index is -0.410. The summed E-state index contributed by atoms with van der Waals surface area (Å²) < 4.78 is 7.34. The number of carbonyl (C=O) groups is 1. The van der Waals surface area contributed by atoms with Crippen LogP contribution < -0.4 is 4.74 Å². The third kappa shape index (κ3) is 3.65. The molecule has 0 aliphatic carbocycles. The molecule has 0 aliphatic heterocycles. The number of ether oxygens (including phenoxy) is 1. The fourth-order valence-electron chi connectivity index (χ4n) is 2.78. The summed E-state index contributed by atoms with van der Waals surface area (Å²) in [4.78, 5) is 12.6. The molecule has 4 nitrogen and oxygen atoms in total. The monoisotopic (exact) mass is 354 g/mol. The Kier molecular flexibility index (Phi) is 4.54. The van der Waals surface area contributed by atoms with Crippen LogP contribution in [0.2, 0.25) is 0 Å². The van der Waals surface area contributed by atoms with Crippen LogP contribution in [-0.4, -0.2) is 15.7 Å². The zero-order valence-corrected chi connectivity index (χ0v) is 14.9. The van der Waals surface area contributed by atoms with Crippen molar-refractivity contribution in [2.75, 3.05) is 0 Å². The maximum atomic E-state index is 12.6. The lowest BCUT2D eigenvalue weighted by Gasteiger charge is -2.08. The number of rotatable bonds is 4. The standard InChI is InChI=1S/C23H18N2O2/c1-17-12-14-19(15-13-17)23(26)27-22-16-21(18-8-4-2-5-9-18)24-25(22)20-10-6-3-7-11-20/h2-16H,1H3. The molecular weight excluding hydrogens is 336 g/mol. The van der Waals surface area contributed by atoms with Gasteiger partial charge >= 0.3 is 5.97 Å². The van der Waals surface area contributed by atoms with Crippen molar-refractivity contribution in [1.82, 2.24) is 9.78 Å². The molecule has 0 spiro atoms. The molecule has 1 heterocycles. The molecule has 0 N–H and O–H groups in total. The van der Waals surface area contributed by atoms with Gasteiger partial charge in [-0.25, -0.2) is 9.48 Å². The van der Waals surface area contributed by atoms with Crippen LogP contribution in [0, 0.1) is 6.92 Å². The van der Waals surface area contributed by atoms with E-state index in [1.54, 1.807) is 22.9 Å². The number of para-hydroxylation sites is 1. The largest absolute Gasteiger partial charge is 0.404 e. The van der Waals surface area contributed by atoms with Crippen LogP contribution in [0.4, 0.5) is 0 Å². The fourth-order valence-corrected chi connectivity index (χ4v) is 2.78. The number of hydrogen-bond acceptors (Lipinski definition) is 3. The van der Waals surface area contributed by atoms with E-state index in [9.17, 15) is 4.79 Å². The third-order valence-electron chi connectivity index (χ3n) is 4.23. The third-order valence-corrected chi connectivity index (χ3v) is 4.23. The van der Waals surface area contributed by atoms with Gasteiger partial charge in [0, 0.05) is 11.6 Å². The minimum absolute atomic E-state index is 0.380. The Morgan fingerprint density at radius 1 is 0.852 bits per heavy atom. The molecule has 0 saturated carbocycles. The van der Waals surface area contributed by atoms with Crippen LogP contribution in [0.15, 0.2) is 91.0 Å². The normalized spacial score (nSPS) is 10.6. The number of esters is 1. The lowest BCUT2D eigenvalue weighted by Crippen LogP contribution is -2.11. The highest BCUT2D eigenvalue weighted by molar-refractivity contribution is 5.91. The van der Waals surface area contributed by atoms with Gasteiger partial charge in [0.25, 0.3) is 0 Å². The number of benzene rings is 3. The van der Waals surface area contributed by atoms with Crippen LogP contribution in [0.5, 0.6) is 5.88 Å². The summed E-state index contributed by atoms with van der Waals surface area (Å²) in [6.07, 6.45) is 0. The Balaban J connectivity index is 1.73. The van der Waals surface area contributed by atoms with Gasteiger partial charge in [0.15, 0.2) is 0 Å². The van der Waals surface area contributed by atoms with Crippen LogP contribution in [-0.2, 0) is 0 Å². The predicted octanol–water partition coefficient (Wildman–Crippen LogP) is 5.07. The van der Waals surface area contributed by atoms with Gasteiger partial charge in [-0.15, -0.1) is 0 Å². The van der Waals surface area contributed by atoms with Crippen LogP contribution in [0.25, 0.3) is 16.9 Å². The summed E-state index contributed by atoms with van der Waals surface area (Å²) in [6, 6.07) is 28.5. The van der Waals surface area contributed by atoms with Crippen molar-refractivity contribution in [3.63, 3.8) is 0 Å². The first kappa shape index (κ1) is 16.8. The number of carbonyl (C=O) groups excluding carboxylic acids is 1. The molecule has 0 aliphatic rings. The summed E-state index contributed by atoms with van der Waals surface area (Å²) >= 11 is 0. The first-order chi connectivity index (χ1) is 13.2. The number of hydrogen-bond donors (Lipinski definition) is 0. The Morgan fingerprint density at radius 2 is 1.48 bits per heavy atom. The highest BCUT2D eigenvalue weighted by atomic mass is 16.5. The second-order valence-electron chi connectivity index (χ2n) is 6.24.